The Morgan fingerprint density at radius 2 is 1.79 bits per heavy atom. The first-order valence-corrected chi connectivity index (χ1v) is 10.5. The Labute approximate surface area is 180 Å². The fourth-order valence-corrected chi connectivity index (χ4v) is 3.08. The van der Waals surface area contributed by atoms with Gasteiger partial charge in [0.25, 0.3) is 11.8 Å². The minimum atomic E-state index is -0.445. The van der Waals surface area contributed by atoms with E-state index >= 15 is 0 Å². The summed E-state index contributed by atoms with van der Waals surface area (Å²) in [5, 5.41) is 0. The summed E-state index contributed by atoms with van der Waals surface area (Å²) in [6.45, 7) is 6.64. The molecule has 0 aromatic heterocycles. The molecule has 0 radical (unpaired) electrons. The van der Waals surface area contributed by atoms with Gasteiger partial charge in [-0.25, -0.2) is 0 Å². The molecule has 0 saturated heterocycles. The molecule has 0 aliphatic heterocycles. The molecule has 2 N–H and O–H groups in total. The summed E-state index contributed by atoms with van der Waals surface area (Å²) in [6, 6.07) is 12.6. The molecule has 156 valence electrons. The van der Waals surface area contributed by atoms with Crippen LogP contribution in [0.5, 0.6) is 11.5 Å². The van der Waals surface area contributed by atoms with Crippen LogP contribution in [-0.2, 0) is 4.79 Å². The third-order valence-corrected chi connectivity index (χ3v) is 5.01. The normalized spacial score (nSPS) is 11.4. The molecule has 29 heavy (non-hydrogen) atoms. The van der Waals surface area contributed by atoms with Crippen LogP contribution in [0.3, 0.4) is 0 Å². The van der Waals surface area contributed by atoms with Crippen molar-refractivity contribution in [2.24, 2.45) is 0 Å². The van der Waals surface area contributed by atoms with Crippen LogP contribution in [0.15, 0.2) is 46.9 Å². The van der Waals surface area contributed by atoms with E-state index in [0.29, 0.717) is 34.1 Å². The van der Waals surface area contributed by atoms with E-state index in [9.17, 15) is 9.59 Å². The molecule has 2 aromatic rings. The number of hydrogen-bond donors (Lipinski definition) is 2. The van der Waals surface area contributed by atoms with Crippen molar-refractivity contribution < 1.29 is 19.1 Å². The van der Waals surface area contributed by atoms with Gasteiger partial charge in [-0.05, 0) is 64.5 Å². The smallest absolute Gasteiger partial charge is 0.276 e. The molecular formula is C22H27BrN2O4. The van der Waals surface area contributed by atoms with Crippen LogP contribution >= 0.6 is 15.9 Å². The minimum absolute atomic E-state index is 0.193. The van der Waals surface area contributed by atoms with Crippen LogP contribution in [0.1, 0.15) is 55.5 Å². The number of hydrogen-bond acceptors (Lipinski definition) is 4. The van der Waals surface area contributed by atoms with Crippen molar-refractivity contribution in [2.75, 3.05) is 13.2 Å². The van der Waals surface area contributed by atoms with Gasteiger partial charge in [-0.3, -0.25) is 20.4 Å². The van der Waals surface area contributed by atoms with Crippen molar-refractivity contribution in [3.63, 3.8) is 0 Å². The molecular weight excluding hydrogens is 436 g/mol. The Bertz CT molecular complexity index is 841. The molecule has 7 heteroatoms. The van der Waals surface area contributed by atoms with Gasteiger partial charge in [-0.15, -0.1) is 0 Å². The zero-order chi connectivity index (χ0) is 21.2. The predicted octanol–water partition coefficient (Wildman–Crippen LogP) is 4.59. The Balaban J connectivity index is 1.86. The third-order valence-electron chi connectivity index (χ3n) is 4.39. The van der Waals surface area contributed by atoms with Crippen LogP contribution in [-0.4, -0.2) is 25.0 Å². The Hall–Kier alpha value is -2.54. The molecule has 2 rings (SSSR count). The van der Waals surface area contributed by atoms with E-state index in [1.54, 1.807) is 18.2 Å². The molecule has 0 heterocycles. The van der Waals surface area contributed by atoms with E-state index in [0.717, 1.165) is 18.4 Å². The number of benzene rings is 2. The van der Waals surface area contributed by atoms with E-state index in [2.05, 4.69) is 40.6 Å². The van der Waals surface area contributed by atoms with Crippen molar-refractivity contribution in [1.82, 2.24) is 10.9 Å². The SMILES string of the molecule is CCCOc1ccc(C(=O)NNC(=O)COc2ccccc2C(C)CC)cc1Br. The van der Waals surface area contributed by atoms with Gasteiger partial charge < -0.3 is 9.47 Å². The number of amides is 2. The van der Waals surface area contributed by atoms with Gasteiger partial charge in [0.15, 0.2) is 6.61 Å². The first-order valence-electron chi connectivity index (χ1n) is 9.69. The number of hydrazine groups is 1. The summed E-state index contributed by atoms with van der Waals surface area (Å²) in [5.41, 5.74) is 6.22. The lowest BCUT2D eigenvalue weighted by atomic mass is 9.98. The highest BCUT2D eigenvalue weighted by Gasteiger charge is 2.13. The fraction of sp³-hybridized carbons (Fsp3) is 0.364. The highest BCUT2D eigenvalue weighted by molar-refractivity contribution is 9.10. The van der Waals surface area contributed by atoms with E-state index in [1.807, 2.05) is 31.2 Å². The second-order valence-electron chi connectivity index (χ2n) is 6.63. The third kappa shape index (κ3) is 6.78. The summed E-state index contributed by atoms with van der Waals surface area (Å²) < 4.78 is 11.9. The summed E-state index contributed by atoms with van der Waals surface area (Å²) in [5.74, 6) is 0.799. The van der Waals surface area contributed by atoms with Crippen LogP contribution in [0.4, 0.5) is 0 Å². The summed E-state index contributed by atoms with van der Waals surface area (Å²) in [7, 11) is 0. The Morgan fingerprint density at radius 1 is 1.03 bits per heavy atom. The first-order chi connectivity index (χ1) is 14.0. The van der Waals surface area contributed by atoms with Crippen LogP contribution in [0, 0.1) is 0 Å². The van der Waals surface area contributed by atoms with Gasteiger partial charge >= 0.3 is 0 Å². The molecule has 0 aliphatic rings. The highest BCUT2D eigenvalue weighted by atomic mass is 79.9. The second-order valence-corrected chi connectivity index (χ2v) is 7.49. The van der Waals surface area contributed by atoms with Crippen LogP contribution in [0.25, 0.3) is 0 Å². The molecule has 0 aliphatic carbocycles. The molecule has 0 saturated carbocycles. The van der Waals surface area contributed by atoms with Crippen molar-refractivity contribution in [3.05, 3.63) is 58.1 Å². The summed E-state index contributed by atoms with van der Waals surface area (Å²) >= 11 is 3.39. The molecule has 6 nitrogen and oxygen atoms in total. The predicted molar refractivity (Wildman–Crippen MR) is 116 cm³/mol. The number of para-hydroxylation sites is 1. The molecule has 2 amide bonds. The largest absolute Gasteiger partial charge is 0.492 e. The quantitative estimate of drug-likeness (QED) is 0.534. The van der Waals surface area contributed by atoms with Crippen LogP contribution in [0.2, 0.25) is 0 Å². The number of nitrogens with one attached hydrogen (secondary N) is 2. The maximum atomic E-state index is 12.3. The monoisotopic (exact) mass is 462 g/mol. The fourth-order valence-electron chi connectivity index (χ4n) is 2.59. The molecule has 0 bridgehead atoms. The molecule has 2 aromatic carbocycles. The first kappa shape index (κ1) is 22.7. The maximum absolute atomic E-state index is 12.3. The average molecular weight is 463 g/mol. The van der Waals surface area contributed by atoms with Gasteiger partial charge in [0, 0.05) is 5.56 Å². The highest BCUT2D eigenvalue weighted by Crippen LogP contribution is 2.28. The molecule has 1 atom stereocenters. The number of ether oxygens (including phenoxy) is 2. The number of carbonyl (C=O) groups is 2. The standard InChI is InChI=1S/C22H27BrN2O4/c1-4-12-28-20-11-10-16(13-18(20)23)22(27)25-24-21(26)14-29-19-9-7-6-8-17(19)15(3)5-2/h6-11,13,15H,4-5,12,14H2,1-3H3,(H,24,26)(H,25,27). The van der Waals surface area contributed by atoms with E-state index in [4.69, 9.17) is 9.47 Å². The maximum Gasteiger partial charge on any atom is 0.276 e. The minimum Gasteiger partial charge on any atom is -0.492 e. The second kappa shape index (κ2) is 11.5. The van der Waals surface area contributed by atoms with Crippen LogP contribution < -0.4 is 20.3 Å². The van der Waals surface area contributed by atoms with Crippen molar-refractivity contribution in [1.29, 1.82) is 0 Å². The van der Waals surface area contributed by atoms with E-state index in [1.165, 1.54) is 0 Å². The number of carbonyl (C=O) groups excluding carboxylic acids is 2. The van der Waals surface area contributed by atoms with Gasteiger partial charge in [-0.1, -0.05) is 39.0 Å². The number of halogens is 1. The molecule has 0 fully saturated rings. The topological polar surface area (TPSA) is 76.7 Å². The van der Waals surface area contributed by atoms with Gasteiger partial charge in [0.2, 0.25) is 0 Å². The van der Waals surface area contributed by atoms with Crippen molar-refractivity contribution in [2.45, 2.75) is 39.5 Å². The zero-order valence-corrected chi connectivity index (χ0v) is 18.5. The lowest BCUT2D eigenvalue weighted by Gasteiger charge is -2.15. The van der Waals surface area contributed by atoms with Crippen molar-refractivity contribution in [3.8, 4) is 11.5 Å². The molecule has 0 spiro atoms. The lowest BCUT2D eigenvalue weighted by Crippen LogP contribution is -2.43. The summed E-state index contributed by atoms with van der Waals surface area (Å²) in [4.78, 5) is 24.3. The van der Waals surface area contributed by atoms with Gasteiger partial charge in [-0.2, -0.15) is 0 Å². The summed E-state index contributed by atoms with van der Waals surface area (Å²) in [6.07, 6.45) is 1.87. The molecule has 1 unspecified atom stereocenters. The zero-order valence-electron chi connectivity index (χ0n) is 17.0. The Kier molecular flexibility index (Phi) is 8.99. The Morgan fingerprint density at radius 3 is 2.48 bits per heavy atom. The lowest BCUT2D eigenvalue weighted by molar-refractivity contribution is -0.123. The van der Waals surface area contributed by atoms with Gasteiger partial charge in [0.1, 0.15) is 11.5 Å². The van der Waals surface area contributed by atoms with E-state index < -0.39 is 11.8 Å². The van der Waals surface area contributed by atoms with E-state index in [-0.39, 0.29) is 6.61 Å². The van der Waals surface area contributed by atoms with Crippen molar-refractivity contribution >= 4 is 27.7 Å². The average Bonchev–Trinajstić information content (AvgIpc) is 2.74. The van der Waals surface area contributed by atoms with Gasteiger partial charge in [0.05, 0.1) is 11.1 Å². The number of rotatable bonds is 9.